The van der Waals surface area contributed by atoms with Crippen molar-refractivity contribution >= 4 is 37.1 Å². The predicted molar refractivity (Wildman–Crippen MR) is 80.4 cm³/mol. The van der Waals surface area contributed by atoms with E-state index in [4.69, 9.17) is 0 Å². The van der Waals surface area contributed by atoms with E-state index in [9.17, 15) is 9.59 Å². The van der Waals surface area contributed by atoms with Crippen molar-refractivity contribution in [3.8, 4) is 0 Å². The summed E-state index contributed by atoms with van der Waals surface area (Å²) in [6.45, 7) is 5.94. The zero-order chi connectivity index (χ0) is 14.4. The molecule has 2 atom stereocenters. The summed E-state index contributed by atoms with van der Waals surface area (Å²) in [5.74, 6) is 0.0133. The van der Waals surface area contributed by atoms with E-state index in [1.54, 1.807) is 13.8 Å². The number of hydrogen-bond acceptors (Lipinski definition) is 5. The molecule has 0 bridgehead atoms. The molecule has 0 heterocycles. The van der Waals surface area contributed by atoms with Gasteiger partial charge in [0.1, 0.15) is 11.1 Å². The standard InChI is InChI=1S/C11H23N3O2S2/c1-5-13-10(2,6-17)9(16)14-11(3,7-18)8(15)12-4/h13,17-18H,5-7H2,1-4H3,(H,12,15)(H,14,16). The van der Waals surface area contributed by atoms with E-state index >= 15 is 0 Å². The Hall–Kier alpha value is -0.400. The summed E-state index contributed by atoms with van der Waals surface area (Å²) in [6, 6.07) is 0. The number of rotatable bonds is 7. The molecule has 0 rings (SSSR count). The van der Waals surface area contributed by atoms with Gasteiger partial charge in [0.05, 0.1) is 0 Å². The zero-order valence-corrected chi connectivity index (χ0v) is 13.1. The van der Waals surface area contributed by atoms with Gasteiger partial charge in [-0.3, -0.25) is 9.59 Å². The van der Waals surface area contributed by atoms with Crippen molar-refractivity contribution in [2.75, 3.05) is 25.1 Å². The molecule has 0 saturated heterocycles. The molecule has 2 unspecified atom stereocenters. The molecule has 0 radical (unpaired) electrons. The van der Waals surface area contributed by atoms with Crippen molar-refractivity contribution in [3.63, 3.8) is 0 Å². The van der Waals surface area contributed by atoms with Crippen LogP contribution in [0.15, 0.2) is 0 Å². The highest BCUT2D eigenvalue weighted by atomic mass is 32.1. The Morgan fingerprint density at radius 3 is 1.89 bits per heavy atom. The summed E-state index contributed by atoms with van der Waals surface area (Å²) >= 11 is 8.32. The van der Waals surface area contributed by atoms with Crippen LogP contribution >= 0.6 is 25.3 Å². The fourth-order valence-corrected chi connectivity index (χ4v) is 1.91. The van der Waals surface area contributed by atoms with Gasteiger partial charge in [-0.25, -0.2) is 0 Å². The van der Waals surface area contributed by atoms with Gasteiger partial charge in [-0.1, -0.05) is 6.92 Å². The number of likely N-dealkylation sites (N-methyl/N-ethyl adjacent to an activating group) is 2. The fraction of sp³-hybridized carbons (Fsp3) is 0.818. The Labute approximate surface area is 120 Å². The Bertz CT molecular complexity index is 315. The smallest absolute Gasteiger partial charge is 0.246 e. The molecule has 0 spiro atoms. The molecule has 0 aromatic heterocycles. The van der Waals surface area contributed by atoms with Crippen LogP contribution in [0.3, 0.4) is 0 Å². The van der Waals surface area contributed by atoms with Crippen LogP contribution in [0.1, 0.15) is 20.8 Å². The number of amides is 2. The summed E-state index contributed by atoms with van der Waals surface area (Å²) in [6.07, 6.45) is 0. The van der Waals surface area contributed by atoms with Gasteiger partial charge in [0.2, 0.25) is 11.8 Å². The second-order valence-corrected chi connectivity index (χ2v) is 5.18. The van der Waals surface area contributed by atoms with E-state index in [-0.39, 0.29) is 17.6 Å². The third kappa shape index (κ3) is 4.07. The van der Waals surface area contributed by atoms with Crippen LogP contribution in [0.5, 0.6) is 0 Å². The molecule has 106 valence electrons. The van der Waals surface area contributed by atoms with Gasteiger partial charge in [-0.15, -0.1) is 0 Å². The minimum atomic E-state index is -1.03. The maximum Gasteiger partial charge on any atom is 0.246 e. The maximum absolute atomic E-state index is 12.2. The molecular formula is C11H23N3O2S2. The first-order valence-electron chi connectivity index (χ1n) is 5.81. The maximum atomic E-state index is 12.2. The van der Waals surface area contributed by atoms with Crippen molar-refractivity contribution in [2.24, 2.45) is 0 Å². The lowest BCUT2D eigenvalue weighted by Crippen LogP contribution is -2.65. The molecule has 0 aromatic rings. The van der Waals surface area contributed by atoms with Crippen LogP contribution < -0.4 is 16.0 Å². The highest BCUT2D eigenvalue weighted by Crippen LogP contribution is 2.12. The van der Waals surface area contributed by atoms with Crippen LogP contribution in [0, 0.1) is 0 Å². The van der Waals surface area contributed by atoms with Crippen molar-refractivity contribution in [1.29, 1.82) is 0 Å². The van der Waals surface area contributed by atoms with E-state index < -0.39 is 11.1 Å². The Morgan fingerprint density at radius 1 is 1.06 bits per heavy atom. The van der Waals surface area contributed by atoms with Gasteiger partial charge >= 0.3 is 0 Å². The Morgan fingerprint density at radius 2 is 1.56 bits per heavy atom. The largest absolute Gasteiger partial charge is 0.357 e. The van der Waals surface area contributed by atoms with Crippen LogP contribution in [0.25, 0.3) is 0 Å². The molecule has 7 heteroatoms. The number of nitrogens with one attached hydrogen (secondary N) is 3. The SMILES string of the molecule is CCNC(C)(CS)C(=O)NC(C)(CS)C(=O)NC. The number of carbonyl (C=O) groups excluding carboxylic acids is 2. The van der Waals surface area contributed by atoms with Crippen LogP contribution in [0.4, 0.5) is 0 Å². The molecule has 0 aliphatic carbocycles. The van der Waals surface area contributed by atoms with Crippen LogP contribution in [0.2, 0.25) is 0 Å². The number of thiol groups is 2. The predicted octanol–water partition coefficient (Wildman–Crippen LogP) is -0.165. The van der Waals surface area contributed by atoms with E-state index in [0.717, 1.165) is 0 Å². The molecule has 2 amide bonds. The number of carbonyl (C=O) groups is 2. The molecule has 3 N–H and O–H groups in total. The second-order valence-electron chi connectivity index (χ2n) is 4.54. The van der Waals surface area contributed by atoms with Gasteiger partial charge < -0.3 is 16.0 Å². The molecule has 18 heavy (non-hydrogen) atoms. The average molecular weight is 293 g/mol. The topological polar surface area (TPSA) is 70.2 Å². The average Bonchev–Trinajstić information content (AvgIpc) is 2.37. The van der Waals surface area contributed by atoms with E-state index in [2.05, 4.69) is 41.2 Å². The van der Waals surface area contributed by atoms with Gasteiger partial charge in [-0.2, -0.15) is 25.3 Å². The first-order valence-corrected chi connectivity index (χ1v) is 7.07. The highest BCUT2D eigenvalue weighted by molar-refractivity contribution is 7.80. The summed E-state index contributed by atoms with van der Waals surface area (Å²) in [4.78, 5) is 24.0. The van der Waals surface area contributed by atoms with Crippen LogP contribution in [-0.4, -0.2) is 48.0 Å². The Kier molecular flexibility index (Phi) is 7.09. The lowest BCUT2D eigenvalue weighted by atomic mass is 9.98. The lowest BCUT2D eigenvalue weighted by Gasteiger charge is -2.34. The van der Waals surface area contributed by atoms with E-state index in [0.29, 0.717) is 12.3 Å². The lowest BCUT2D eigenvalue weighted by molar-refractivity contribution is -0.134. The first kappa shape index (κ1) is 17.6. The van der Waals surface area contributed by atoms with Gasteiger partial charge in [0.25, 0.3) is 0 Å². The van der Waals surface area contributed by atoms with E-state index in [1.807, 2.05) is 6.92 Å². The first-order chi connectivity index (χ1) is 8.29. The normalized spacial score (nSPS) is 17.4. The minimum absolute atomic E-state index is 0.215. The number of hydrogen-bond donors (Lipinski definition) is 5. The molecule has 5 nitrogen and oxygen atoms in total. The zero-order valence-electron chi connectivity index (χ0n) is 11.3. The summed E-state index contributed by atoms with van der Waals surface area (Å²) in [5, 5.41) is 8.32. The van der Waals surface area contributed by atoms with E-state index in [1.165, 1.54) is 7.05 Å². The van der Waals surface area contributed by atoms with Crippen molar-refractivity contribution in [1.82, 2.24) is 16.0 Å². The molecule has 0 aromatic carbocycles. The van der Waals surface area contributed by atoms with Gasteiger partial charge in [0.15, 0.2) is 0 Å². The van der Waals surface area contributed by atoms with Gasteiger partial charge in [0, 0.05) is 18.6 Å². The van der Waals surface area contributed by atoms with Crippen molar-refractivity contribution in [2.45, 2.75) is 31.8 Å². The second kappa shape index (κ2) is 7.25. The molecule has 0 saturated carbocycles. The third-order valence-corrected chi connectivity index (χ3v) is 4.08. The summed E-state index contributed by atoms with van der Waals surface area (Å²) in [7, 11) is 1.53. The Balaban J connectivity index is 4.95. The molecule has 0 fully saturated rings. The van der Waals surface area contributed by atoms with Crippen LogP contribution in [-0.2, 0) is 9.59 Å². The monoisotopic (exact) mass is 293 g/mol. The third-order valence-electron chi connectivity index (χ3n) is 2.82. The fourth-order valence-electron chi connectivity index (χ4n) is 1.43. The minimum Gasteiger partial charge on any atom is -0.357 e. The molecule has 0 aliphatic heterocycles. The quantitative estimate of drug-likeness (QED) is 0.424. The molecular weight excluding hydrogens is 270 g/mol. The van der Waals surface area contributed by atoms with Crippen molar-refractivity contribution in [3.05, 3.63) is 0 Å². The highest BCUT2D eigenvalue weighted by Gasteiger charge is 2.39. The van der Waals surface area contributed by atoms with Crippen molar-refractivity contribution < 1.29 is 9.59 Å². The summed E-state index contributed by atoms with van der Waals surface area (Å²) < 4.78 is 0. The van der Waals surface area contributed by atoms with Gasteiger partial charge in [-0.05, 0) is 20.4 Å². The summed E-state index contributed by atoms with van der Waals surface area (Å²) in [5.41, 5.74) is -1.84. The molecule has 0 aliphatic rings.